The molecule has 1 atom stereocenters. The summed E-state index contributed by atoms with van der Waals surface area (Å²) in [5, 5.41) is 13.5. The SMILES string of the molecule is CCCNCC(C)(O)c1cc(C)cnc1N. The van der Waals surface area contributed by atoms with E-state index in [4.69, 9.17) is 5.73 Å². The molecule has 0 saturated carbocycles. The van der Waals surface area contributed by atoms with Gasteiger partial charge in [0.05, 0.1) is 0 Å². The molecule has 0 aliphatic carbocycles. The maximum absolute atomic E-state index is 10.3. The summed E-state index contributed by atoms with van der Waals surface area (Å²) < 4.78 is 0. The third-order valence-electron chi connectivity index (χ3n) is 2.53. The zero-order valence-corrected chi connectivity index (χ0v) is 10.2. The van der Waals surface area contributed by atoms with Crippen LogP contribution in [0.15, 0.2) is 12.3 Å². The number of pyridine rings is 1. The van der Waals surface area contributed by atoms with Crippen molar-refractivity contribution in [3.05, 3.63) is 23.4 Å². The van der Waals surface area contributed by atoms with Gasteiger partial charge in [-0.3, -0.25) is 0 Å². The number of nitrogens with zero attached hydrogens (tertiary/aromatic N) is 1. The minimum absolute atomic E-state index is 0.397. The van der Waals surface area contributed by atoms with E-state index >= 15 is 0 Å². The van der Waals surface area contributed by atoms with Crippen LogP contribution in [0, 0.1) is 6.92 Å². The molecule has 0 aromatic carbocycles. The van der Waals surface area contributed by atoms with E-state index < -0.39 is 5.60 Å². The van der Waals surface area contributed by atoms with Crippen molar-refractivity contribution in [3.8, 4) is 0 Å². The zero-order valence-electron chi connectivity index (χ0n) is 10.2. The number of aliphatic hydroxyl groups is 1. The van der Waals surface area contributed by atoms with Gasteiger partial charge in [0.1, 0.15) is 11.4 Å². The third-order valence-corrected chi connectivity index (χ3v) is 2.53. The summed E-state index contributed by atoms with van der Waals surface area (Å²) in [5.74, 6) is 0.397. The second-order valence-corrected chi connectivity index (χ2v) is 4.40. The molecule has 4 nitrogen and oxygen atoms in total. The van der Waals surface area contributed by atoms with Gasteiger partial charge in [-0.15, -0.1) is 0 Å². The van der Waals surface area contributed by atoms with Crippen molar-refractivity contribution >= 4 is 5.82 Å². The molecule has 0 bridgehead atoms. The van der Waals surface area contributed by atoms with Crippen LogP contribution >= 0.6 is 0 Å². The van der Waals surface area contributed by atoms with Gasteiger partial charge in [-0.05, 0) is 38.4 Å². The fourth-order valence-corrected chi connectivity index (χ4v) is 1.61. The van der Waals surface area contributed by atoms with Gasteiger partial charge in [-0.2, -0.15) is 0 Å². The van der Waals surface area contributed by atoms with Crippen molar-refractivity contribution in [2.75, 3.05) is 18.8 Å². The molecule has 0 aliphatic heterocycles. The quantitative estimate of drug-likeness (QED) is 0.655. The molecule has 0 fully saturated rings. The summed E-state index contributed by atoms with van der Waals surface area (Å²) >= 11 is 0. The summed E-state index contributed by atoms with van der Waals surface area (Å²) in [6, 6.07) is 1.88. The Hall–Kier alpha value is -1.13. The fourth-order valence-electron chi connectivity index (χ4n) is 1.61. The molecular formula is C12H21N3O. The van der Waals surface area contributed by atoms with Crippen LogP contribution in [-0.4, -0.2) is 23.2 Å². The topological polar surface area (TPSA) is 71.2 Å². The van der Waals surface area contributed by atoms with Crippen molar-refractivity contribution in [2.45, 2.75) is 32.8 Å². The second-order valence-electron chi connectivity index (χ2n) is 4.40. The van der Waals surface area contributed by atoms with Crippen LogP contribution in [0.25, 0.3) is 0 Å². The molecule has 1 aromatic heterocycles. The summed E-state index contributed by atoms with van der Waals surface area (Å²) in [4.78, 5) is 4.06. The van der Waals surface area contributed by atoms with Crippen LogP contribution in [0.3, 0.4) is 0 Å². The van der Waals surface area contributed by atoms with Crippen molar-refractivity contribution in [1.29, 1.82) is 0 Å². The Labute approximate surface area is 96.9 Å². The molecule has 90 valence electrons. The van der Waals surface area contributed by atoms with Gasteiger partial charge >= 0.3 is 0 Å². The smallest absolute Gasteiger partial charge is 0.129 e. The Morgan fingerprint density at radius 1 is 1.56 bits per heavy atom. The third kappa shape index (κ3) is 3.18. The molecule has 1 unspecified atom stereocenters. The molecule has 0 aliphatic rings. The van der Waals surface area contributed by atoms with Gasteiger partial charge in [0.15, 0.2) is 0 Å². The maximum Gasteiger partial charge on any atom is 0.129 e. The van der Waals surface area contributed by atoms with Gasteiger partial charge in [0, 0.05) is 18.3 Å². The number of aromatic nitrogens is 1. The van der Waals surface area contributed by atoms with Crippen LogP contribution < -0.4 is 11.1 Å². The second kappa shape index (κ2) is 5.27. The van der Waals surface area contributed by atoms with Crippen molar-refractivity contribution in [2.24, 2.45) is 0 Å². The summed E-state index contributed by atoms with van der Waals surface area (Å²) in [5.41, 5.74) is 6.50. The van der Waals surface area contributed by atoms with Crippen molar-refractivity contribution in [3.63, 3.8) is 0 Å². The van der Waals surface area contributed by atoms with E-state index in [0.717, 1.165) is 18.5 Å². The van der Waals surface area contributed by atoms with Gasteiger partial charge in [-0.25, -0.2) is 4.98 Å². The predicted octanol–water partition coefficient (Wildman–Crippen LogP) is 1.18. The maximum atomic E-state index is 10.3. The van der Waals surface area contributed by atoms with Crippen molar-refractivity contribution in [1.82, 2.24) is 10.3 Å². The van der Waals surface area contributed by atoms with Gasteiger partial charge < -0.3 is 16.2 Å². The van der Waals surface area contributed by atoms with Crippen molar-refractivity contribution < 1.29 is 5.11 Å². The molecular weight excluding hydrogens is 202 g/mol. The first-order chi connectivity index (χ1) is 7.47. The Bertz CT molecular complexity index is 350. The predicted molar refractivity (Wildman–Crippen MR) is 66.1 cm³/mol. The number of nitrogen functional groups attached to an aromatic ring is 1. The lowest BCUT2D eigenvalue weighted by molar-refractivity contribution is 0.0576. The number of nitrogens with two attached hydrogens (primary N) is 1. The molecule has 0 amide bonds. The lowest BCUT2D eigenvalue weighted by atomic mass is 9.95. The number of hydrogen-bond acceptors (Lipinski definition) is 4. The van der Waals surface area contributed by atoms with Gasteiger partial charge in [0.2, 0.25) is 0 Å². The first kappa shape index (κ1) is 12.9. The number of anilines is 1. The lowest BCUT2D eigenvalue weighted by Gasteiger charge is -2.25. The molecule has 0 radical (unpaired) electrons. The number of rotatable bonds is 5. The average molecular weight is 223 g/mol. The van der Waals surface area contributed by atoms with E-state index in [1.807, 2.05) is 13.0 Å². The largest absolute Gasteiger partial charge is 0.384 e. The highest BCUT2D eigenvalue weighted by Crippen LogP contribution is 2.24. The number of nitrogens with one attached hydrogen (secondary N) is 1. The van der Waals surface area contributed by atoms with E-state index in [0.29, 0.717) is 17.9 Å². The number of aryl methyl sites for hydroxylation is 1. The Balaban J connectivity index is 2.83. The van der Waals surface area contributed by atoms with Gasteiger partial charge in [-0.1, -0.05) is 6.92 Å². The highest BCUT2D eigenvalue weighted by molar-refractivity contribution is 5.44. The molecule has 1 heterocycles. The number of hydrogen-bond donors (Lipinski definition) is 3. The highest BCUT2D eigenvalue weighted by atomic mass is 16.3. The van der Waals surface area contributed by atoms with E-state index in [9.17, 15) is 5.11 Å². The van der Waals surface area contributed by atoms with E-state index in [1.54, 1.807) is 13.1 Å². The van der Waals surface area contributed by atoms with Crippen LogP contribution in [0.4, 0.5) is 5.82 Å². The van der Waals surface area contributed by atoms with E-state index in [1.165, 1.54) is 0 Å². The standard InChI is InChI=1S/C12H21N3O/c1-4-5-14-8-12(3,16)10-6-9(2)7-15-11(10)13/h6-7,14,16H,4-5,8H2,1-3H3,(H2,13,15). The fraction of sp³-hybridized carbons (Fsp3) is 0.583. The molecule has 1 aromatic rings. The van der Waals surface area contributed by atoms with E-state index in [2.05, 4.69) is 17.2 Å². The first-order valence-electron chi connectivity index (χ1n) is 5.63. The summed E-state index contributed by atoms with van der Waals surface area (Å²) in [7, 11) is 0. The summed E-state index contributed by atoms with van der Waals surface area (Å²) in [6.07, 6.45) is 2.74. The monoisotopic (exact) mass is 223 g/mol. The minimum atomic E-state index is -0.974. The highest BCUT2D eigenvalue weighted by Gasteiger charge is 2.25. The molecule has 0 saturated heterocycles. The average Bonchev–Trinajstić information content (AvgIpc) is 2.22. The molecule has 0 spiro atoms. The van der Waals surface area contributed by atoms with Gasteiger partial charge in [0.25, 0.3) is 0 Å². The minimum Gasteiger partial charge on any atom is -0.384 e. The summed E-state index contributed by atoms with van der Waals surface area (Å²) in [6.45, 7) is 7.14. The molecule has 16 heavy (non-hydrogen) atoms. The van der Waals surface area contributed by atoms with Crippen LogP contribution in [0.2, 0.25) is 0 Å². The Morgan fingerprint density at radius 2 is 2.25 bits per heavy atom. The van der Waals surface area contributed by atoms with Crippen LogP contribution in [-0.2, 0) is 5.60 Å². The Kier molecular flexibility index (Phi) is 4.26. The van der Waals surface area contributed by atoms with Crippen LogP contribution in [0.1, 0.15) is 31.4 Å². The lowest BCUT2D eigenvalue weighted by Crippen LogP contribution is -2.36. The van der Waals surface area contributed by atoms with Crippen LogP contribution in [0.5, 0.6) is 0 Å². The molecule has 4 N–H and O–H groups in total. The van der Waals surface area contributed by atoms with E-state index in [-0.39, 0.29) is 0 Å². The first-order valence-corrected chi connectivity index (χ1v) is 5.63. The zero-order chi connectivity index (χ0) is 12.2. The molecule has 4 heteroatoms. The molecule has 1 rings (SSSR count). The Morgan fingerprint density at radius 3 is 2.88 bits per heavy atom. The normalized spacial score (nSPS) is 14.8.